The highest BCUT2D eigenvalue weighted by atomic mass is 35.5. The fourth-order valence-electron chi connectivity index (χ4n) is 2.80. The minimum atomic E-state index is -0.0732. The molecule has 1 aliphatic rings. The van der Waals surface area contributed by atoms with Crippen LogP contribution in [0.15, 0.2) is 36.7 Å². The average Bonchev–Trinajstić information content (AvgIpc) is 3.01. The molecule has 3 rings (SSSR count). The lowest BCUT2D eigenvalue weighted by atomic mass is 9.94. The fourth-order valence-corrected chi connectivity index (χ4v) is 3.00. The van der Waals surface area contributed by atoms with Crippen molar-refractivity contribution in [2.75, 3.05) is 13.1 Å². The highest BCUT2D eigenvalue weighted by molar-refractivity contribution is 6.31. The molecule has 7 heteroatoms. The zero-order valence-corrected chi connectivity index (χ0v) is 15.1. The van der Waals surface area contributed by atoms with Crippen LogP contribution in [0.3, 0.4) is 0 Å². The van der Waals surface area contributed by atoms with Gasteiger partial charge in [-0.15, -0.1) is 12.4 Å². The SMILES string of the molecule is CC1CCNCC1NC(=O)c1cnn(Cc2ccccc2Cl)c1.Cl. The highest BCUT2D eigenvalue weighted by Crippen LogP contribution is 2.16. The minimum Gasteiger partial charge on any atom is -0.348 e. The maximum Gasteiger partial charge on any atom is 0.254 e. The van der Waals surface area contributed by atoms with Gasteiger partial charge in [0.15, 0.2) is 0 Å². The molecule has 1 aliphatic heterocycles. The van der Waals surface area contributed by atoms with Gasteiger partial charge in [0, 0.05) is 23.8 Å². The maximum absolute atomic E-state index is 12.4. The van der Waals surface area contributed by atoms with Crippen molar-refractivity contribution in [2.24, 2.45) is 5.92 Å². The Labute approximate surface area is 153 Å². The predicted molar refractivity (Wildman–Crippen MR) is 97.9 cm³/mol. The molecule has 1 saturated heterocycles. The summed E-state index contributed by atoms with van der Waals surface area (Å²) in [6.45, 7) is 4.56. The molecule has 24 heavy (non-hydrogen) atoms. The summed E-state index contributed by atoms with van der Waals surface area (Å²) >= 11 is 6.16. The van der Waals surface area contributed by atoms with Crippen LogP contribution in [0.25, 0.3) is 0 Å². The first kappa shape index (κ1) is 18.8. The summed E-state index contributed by atoms with van der Waals surface area (Å²) < 4.78 is 1.73. The lowest BCUT2D eigenvalue weighted by Crippen LogP contribution is -2.50. The zero-order chi connectivity index (χ0) is 16.2. The highest BCUT2D eigenvalue weighted by Gasteiger charge is 2.23. The number of nitrogens with zero attached hydrogens (tertiary/aromatic N) is 2. The van der Waals surface area contributed by atoms with E-state index in [-0.39, 0.29) is 24.4 Å². The lowest BCUT2D eigenvalue weighted by Gasteiger charge is -2.30. The number of carbonyl (C=O) groups excluding carboxylic acids is 1. The van der Waals surface area contributed by atoms with Crippen molar-refractivity contribution < 1.29 is 4.79 Å². The molecule has 1 amide bonds. The van der Waals surface area contributed by atoms with Crippen molar-refractivity contribution in [2.45, 2.75) is 25.9 Å². The van der Waals surface area contributed by atoms with Crippen molar-refractivity contribution in [1.82, 2.24) is 20.4 Å². The quantitative estimate of drug-likeness (QED) is 0.871. The van der Waals surface area contributed by atoms with Crippen molar-refractivity contribution in [3.63, 3.8) is 0 Å². The van der Waals surface area contributed by atoms with Gasteiger partial charge in [-0.25, -0.2) is 0 Å². The average molecular weight is 369 g/mol. The molecular formula is C17H22Cl2N4O. The van der Waals surface area contributed by atoms with E-state index in [0.717, 1.165) is 25.1 Å². The summed E-state index contributed by atoms with van der Waals surface area (Å²) in [6, 6.07) is 7.82. The van der Waals surface area contributed by atoms with E-state index in [2.05, 4.69) is 22.7 Å². The van der Waals surface area contributed by atoms with Gasteiger partial charge in [0.05, 0.1) is 18.3 Å². The molecule has 130 valence electrons. The first-order valence-electron chi connectivity index (χ1n) is 7.91. The fraction of sp³-hybridized carbons (Fsp3) is 0.412. The van der Waals surface area contributed by atoms with Crippen molar-refractivity contribution in [1.29, 1.82) is 0 Å². The monoisotopic (exact) mass is 368 g/mol. The van der Waals surface area contributed by atoms with E-state index in [1.165, 1.54) is 0 Å². The number of hydrogen-bond acceptors (Lipinski definition) is 3. The second kappa shape index (κ2) is 8.51. The Hall–Kier alpha value is -1.56. The normalized spacial score (nSPS) is 20.2. The number of nitrogens with one attached hydrogen (secondary N) is 2. The summed E-state index contributed by atoms with van der Waals surface area (Å²) in [4.78, 5) is 12.4. The summed E-state index contributed by atoms with van der Waals surface area (Å²) in [6.07, 6.45) is 4.45. The topological polar surface area (TPSA) is 58.9 Å². The van der Waals surface area contributed by atoms with Gasteiger partial charge in [-0.1, -0.05) is 36.7 Å². The van der Waals surface area contributed by atoms with Gasteiger partial charge in [-0.05, 0) is 30.5 Å². The van der Waals surface area contributed by atoms with Crippen LogP contribution in [0.1, 0.15) is 29.3 Å². The summed E-state index contributed by atoms with van der Waals surface area (Å²) in [5, 5.41) is 11.4. The van der Waals surface area contributed by atoms with Gasteiger partial charge in [0.2, 0.25) is 0 Å². The molecule has 1 aromatic heterocycles. The molecule has 2 aromatic rings. The van der Waals surface area contributed by atoms with Crippen molar-refractivity contribution in [3.05, 3.63) is 52.8 Å². The molecule has 0 bridgehead atoms. The maximum atomic E-state index is 12.4. The Morgan fingerprint density at radius 3 is 3.00 bits per heavy atom. The first-order valence-corrected chi connectivity index (χ1v) is 8.28. The van der Waals surface area contributed by atoms with Crippen molar-refractivity contribution >= 4 is 29.9 Å². The first-order chi connectivity index (χ1) is 11.1. The van der Waals surface area contributed by atoms with E-state index >= 15 is 0 Å². The minimum absolute atomic E-state index is 0. The molecule has 1 aromatic carbocycles. The van der Waals surface area contributed by atoms with Crippen LogP contribution in [0.4, 0.5) is 0 Å². The van der Waals surface area contributed by atoms with Crippen LogP contribution in [0, 0.1) is 5.92 Å². The lowest BCUT2D eigenvalue weighted by molar-refractivity contribution is 0.0915. The standard InChI is InChI=1S/C17H21ClN4O.ClH/c1-12-6-7-19-9-16(12)21-17(23)14-8-20-22(11-14)10-13-4-2-3-5-15(13)18;/h2-5,8,11-12,16,19H,6-7,9-10H2,1H3,(H,21,23);1H. The molecule has 2 heterocycles. The molecule has 2 unspecified atom stereocenters. The van der Waals surface area contributed by atoms with Crippen LogP contribution in [0.2, 0.25) is 5.02 Å². The van der Waals surface area contributed by atoms with Gasteiger partial charge in [-0.3, -0.25) is 9.48 Å². The largest absolute Gasteiger partial charge is 0.348 e. The third kappa shape index (κ3) is 4.50. The number of amides is 1. The van der Waals surface area contributed by atoms with E-state index in [1.54, 1.807) is 17.1 Å². The van der Waals surface area contributed by atoms with E-state index in [4.69, 9.17) is 11.6 Å². The van der Waals surface area contributed by atoms with E-state index in [9.17, 15) is 4.79 Å². The summed E-state index contributed by atoms with van der Waals surface area (Å²) in [5.41, 5.74) is 1.56. The molecule has 0 saturated carbocycles. The number of rotatable bonds is 4. The molecule has 2 atom stereocenters. The van der Waals surface area contributed by atoms with Gasteiger partial charge < -0.3 is 10.6 Å². The van der Waals surface area contributed by atoms with Gasteiger partial charge in [0.1, 0.15) is 0 Å². The van der Waals surface area contributed by atoms with Gasteiger partial charge in [-0.2, -0.15) is 5.10 Å². The predicted octanol–water partition coefficient (Wildman–Crippen LogP) is 2.73. The van der Waals surface area contributed by atoms with E-state index < -0.39 is 0 Å². The second-order valence-corrected chi connectivity index (χ2v) is 6.48. The van der Waals surface area contributed by atoms with E-state index in [1.807, 2.05) is 24.3 Å². The molecule has 0 spiro atoms. The van der Waals surface area contributed by atoms with Crippen LogP contribution in [-0.2, 0) is 6.54 Å². The number of aromatic nitrogens is 2. The summed E-state index contributed by atoms with van der Waals surface area (Å²) in [5.74, 6) is 0.411. The number of piperidine rings is 1. The van der Waals surface area contributed by atoms with Crippen LogP contribution in [-0.4, -0.2) is 34.8 Å². The van der Waals surface area contributed by atoms with Crippen LogP contribution >= 0.6 is 24.0 Å². The van der Waals surface area contributed by atoms with Crippen LogP contribution < -0.4 is 10.6 Å². The number of hydrogen-bond donors (Lipinski definition) is 2. The number of benzene rings is 1. The summed E-state index contributed by atoms with van der Waals surface area (Å²) in [7, 11) is 0. The number of halogens is 2. The molecular weight excluding hydrogens is 347 g/mol. The Balaban J connectivity index is 0.00000208. The Morgan fingerprint density at radius 1 is 1.46 bits per heavy atom. The zero-order valence-electron chi connectivity index (χ0n) is 13.5. The third-order valence-corrected chi connectivity index (χ3v) is 4.70. The Morgan fingerprint density at radius 2 is 2.25 bits per heavy atom. The second-order valence-electron chi connectivity index (χ2n) is 6.07. The molecule has 1 fully saturated rings. The van der Waals surface area contributed by atoms with Gasteiger partial charge in [0.25, 0.3) is 5.91 Å². The van der Waals surface area contributed by atoms with Crippen LogP contribution in [0.5, 0.6) is 0 Å². The third-order valence-electron chi connectivity index (χ3n) is 4.33. The Kier molecular flexibility index (Phi) is 6.66. The van der Waals surface area contributed by atoms with Gasteiger partial charge >= 0.3 is 0 Å². The molecule has 2 N–H and O–H groups in total. The van der Waals surface area contributed by atoms with Crippen molar-refractivity contribution in [3.8, 4) is 0 Å². The van der Waals surface area contributed by atoms with E-state index in [0.29, 0.717) is 23.0 Å². The molecule has 0 radical (unpaired) electrons. The Bertz CT molecular complexity index is 689. The number of carbonyl (C=O) groups is 1. The molecule has 0 aliphatic carbocycles. The molecule has 5 nitrogen and oxygen atoms in total. The smallest absolute Gasteiger partial charge is 0.254 e.